The van der Waals surface area contributed by atoms with Crippen molar-refractivity contribution in [2.75, 3.05) is 38.6 Å². The molecule has 0 radical (unpaired) electrons. The number of fused-ring (bicyclic) bond motifs is 2. The second-order valence-corrected chi connectivity index (χ2v) is 7.56. The summed E-state index contributed by atoms with van der Waals surface area (Å²) in [6.45, 7) is 4.98. The largest absolute Gasteiger partial charge is 0.488 e. The molecule has 0 unspecified atom stereocenters. The number of aliphatic imine (C=N–C) groups is 1. The van der Waals surface area contributed by atoms with Gasteiger partial charge in [0.1, 0.15) is 18.3 Å². The van der Waals surface area contributed by atoms with E-state index in [4.69, 9.17) is 14.5 Å². The van der Waals surface area contributed by atoms with E-state index >= 15 is 0 Å². The Labute approximate surface area is 182 Å². The number of para-hydroxylation sites is 2. The van der Waals surface area contributed by atoms with Gasteiger partial charge in [-0.25, -0.2) is 4.98 Å². The molecule has 0 amide bonds. The van der Waals surface area contributed by atoms with Crippen LogP contribution in [0.1, 0.15) is 17.7 Å². The number of nitrogens with zero attached hydrogens (tertiary/aromatic N) is 5. The van der Waals surface area contributed by atoms with Crippen LogP contribution in [0, 0.1) is 6.92 Å². The highest BCUT2D eigenvalue weighted by Crippen LogP contribution is 2.32. The summed E-state index contributed by atoms with van der Waals surface area (Å²) in [6.07, 6.45) is 2.64. The first-order chi connectivity index (χ1) is 15.1. The monoisotopic (exact) mass is 420 g/mol. The van der Waals surface area contributed by atoms with Gasteiger partial charge in [-0.3, -0.25) is 9.67 Å². The molecule has 2 aromatic heterocycles. The number of hydrogen-bond acceptors (Lipinski definition) is 7. The highest BCUT2D eigenvalue weighted by atomic mass is 16.5. The Morgan fingerprint density at radius 1 is 1.03 bits per heavy atom. The lowest BCUT2D eigenvalue weighted by molar-refractivity contribution is 0.231. The number of nitrogens with one attached hydrogen (secondary N) is 1. The van der Waals surface area contributed by atoms with E-state index in [1.807, 2.05) is 56.4 Å². The van der Waals surface area contributed by atoms with E-state index in [1.54, 1.807) is 10.9 Å². The lowest BCUT2D eigenvalue weighted by atomic mass is 10.2. The van der Waals surface area contributed by atoms with Gasteiger partial charge in [0.15, 0.2) is 11.5 Å². The lowest BCUT2D eigenvalue weighted by Gasteiger charge is -2.19. The van der Waals surface area contributed by atoms with Gasteiger partial charge in [-0.1, -0.05) is 12.1 Å². The number of pyridine rings is 1. The fourth-order valence-corrected chi connectivity index (χ4v) is 3.41. The van der Waals surface area contributed by atoms with E-state index in [9.17, 15) is 0 Å². The minimum absolute atomic E-state index is 0.470. The molecule has 0 spiro atoms. The number of ether oxygens (including phenoxy) is 2. The number of aromatic nitrogens is 3. The van der Waals surface area contributed by atoms with Crippen LogP contribution >= 0.6 is 0 Å². The van der Waals surface area contributed by atoms with Crippen molar-refractivity contribution in [3.05, 3.63) is 59.9 Å². The molecular formula is C23H28N6O2. The van der Waals surface area contributed by atoms with Gasteiger partial charge in [0.05, 0.1) is 11.3 Å². The Morgan fingerprint density at radius 2 is 1.87 bits per heavy atom. The Hall–Kier alpha value is -3.39. The maximum Gasteiger partial charge on any atom is 0.230 e. The summed E-state index contributed by atoms with van der Waals surface area (Å²) in [5.74, 6) is 3.34. The first kappa shape index (κ1) is 20.9. The van der Waals surface area contributed by atoms with Gasteiger partial charge in [-0.15, -0.1) is 0 Å². The van der Waals surface area contributed by atoms with E-state index in [0.717, 1.165) is 36.6 Å². The number of likely N-dealkylation sites (N-methyl/N-ethyl adjacent to an activating group) is 1. The number of anilines is 1. The van der Waals surface area contributed by atoms with Crippen LogP contribution in [0.15, 0.2) is 53.7 Å². The van der Waals surface area contributed by atoms with Crippen molar-refractivity contribution in [3.63, 3.8) is 0 Å². The molecule has 0 saturated carbocycles. The molecule has 0 saturated heterocycles. The fraction of sp³-hybridized carbons (Fsp3) is 0.348. The molecule has 0 bridgehead atoms. The summed E-state index contributed by atoms with van der Waals surface area (Å²) in [7, 11) is 4.00. The lowest BCUT2D eigenvalue weighted by Crippen LogP contribution is -2.26. The van der Waals surface area contributed by atoms with Crippen LogP contribution in [0.2, 0.25) is 0 Å². The van der Waals surface area contributed by atoms with Crippen molar-refractivity contribution in [1.29, 1.82) is 0 Å². The molecule has 8 nitrogen and oxygen atoms in total. The van der Waals surface area contributed by atoms with Crippen molar-refractivity contribution >= 4 is 11.7 Å². The minimum Gasteiger partial charge on any atom is -0.488 e. The molecule has 31 heavy (non-hydrogen) atoms. The zero-order valence-electron chi connectivity index (χ0n) is 18.2. The van der Waals surface area contributed by atoms with E-state index in [1.165, 1.54) is 0 Å². The van der Waals surface area contributed by atoms with E-state index in [-0.39, 0.29) is 0 Å². The Morgan fingerprint density at radius 3 is 2.68 bits per heavy atom. The highest BCUT2D eigenvalue weighted by Gasteiger charge is 2.17. The summed E-state index contributed by atoms with van der Waals surface area (Å²) < 4.78 is 14.0. The molecule has 1 N–H and O–H groups in total. The number of hydrogen-bond donors (Lipinski definition) is 1. The molecule has 162 valence electrons. The average Bonchev–Trinajstić information content (AvgIpc) is 3.08. The topological polar surface area (TPSA) is 76.8 Å². The second kappa shape index (κ2) is 9.61. The number of rotatable bonds is 1. The normalized spacial score (nSPS) is 15.5. The molecule has 0 aliphatic carbocycles. The summed E-state index contributed by atoms with van der Waals surface area (Å²) in [5.41, 5.74) is 1.71. The maximum absolute atomic E-state index is 6.22. The molecule has 1 aliphatic heterocycles. The van der Waals surface area contributed by atoms with E-state index in [0.29, 0.717) is 36.4 Å². The second-order valence-electron chi connectivity index (χ2n) is 7.56. The predicted molar refractivity (Wildman–Crippen MR) is 121 cm³/mol. The highest BCUT2D eigenvalue weighted by molar-refractivity contribution is 6.09. The van der Waals surface area contributed by atoms with Crippen molar-refractivity contribution in [3.8, 4) is 17.4 Å². The zero-order chi connectivity index (χ0) is 21.6. The molecule has 0 fully saturated rings. The summed E-state index contributed by atoms with van der Waals surface area (Å²) in [6, 6.07) is 13.5. The number of amidine groups is 1. The van der Waals surface area contributed by atoms with Crippen molar-refractivity contribution in [2.24, 2.45) is 12.0 Å². The van der Waals surface area contributed by atoms with Crippen LogP contribution < -0.4 is 14.8 Å². The van der Waals surface area contributed by atoms with E-state index < -0.39 is 0 Å². The third kappa shape index (κ3) is 5.21. The van der Waals surface area contributed by atoms with Gasteiger partial charge in [-0.2, -0.15) is 5.10 Å². The fourth-order valence-electron chi connectivity index (χ4n) is 3.41. The molecule has 3 aromatic rings. The first-order valence-corrected chi connectivity index (χ1v) is 10.5. The Kier molecular flexibility index (Phi) is 6.47. The summed E-state index contributed by atoms with van der Waals surface area (Å²) in [5, 5.41) is 7.85. The zero-order valence-corrected chi connectivity index (χ0v) is 18.2. The van der Waals surface area contributed by atoms with Crippen molar-refractivity contribution < 1.29 is 9.47 Å². The van der Waals surface area contributed by atoms with Crippen LogP contribution in [-0.4, -0.2) is 58.8 Å². The molecule has 3 heterocycles. The Balaban J connectivity index is 1.73. The van der Waals surface area contributed by atoms with Gasteiger partial charge >= 0.3 is 0 Å². The maximum atomic E-state index is 6.22. The predicted octanol–water partition coefficient (Wildman–Crippen LogP) is 3.49. The number of aryl methyl sites for hydroxylation is 2. The SMILES string of the molecule is Cc1cc(NC2=NCCCN(C)CCOc3ccccc3Oc3ncccc32)n(C)n1. The molecule has 4 rings (SSSR count). The van der Waals surface area contributed by atoms with E-state index in [2.05, 4.69) is 27.3 Å². The molecule has 8 heteroatoms. The van der Waals surface area contributed by atoms with Gasteiger partial charge in [0.25, 0.3) is 0 Å². The average molecular weight is 421 g/mol. The van der Waals surface area contributed by atoms with Gasteiger partial charge in [-0.05, 0) is 51.2 Å². The van der Waals surface area contributed by atoms with Crippen molar-refractivity contribution in [2.45, 2.75) is 13.3 Å². The quantitative estimate of drug-likeness (QED) is 0.649. The summed E-state index contributed by atoms with van der Waals surface area (Å²) >= 11 is 0. The van der Waals surface area contributed by atoms with Crippen LogP contribution in [0.3, 0.4) is 0 Å². The van der Waals surface area contributed by atoms with Gasteiger partial charge in [0.2, 0.25) is 5.88 Å². The van der Waals surface area contributed by atoms with Gasteiger partial charge < -0.3 is 19.7 Å². The summed E-state index contributed by atoms with van der Waals surface area (Å²) in [4.78, 5) is 11.6. The molecular weight excluding hydrogens is 392 g/mol. The third-order valence-electron chi connectivity index (χ3n) is 5.03. The van der Waals surface area contributed by atoms with Crippen LogP contribution in [0.5, 0.6) is 17.4 Å². The third-order valence-corrected chi connectivity index (χ3v) is 5.03. The van der Waals surface area contributed by atoms with Gasteiger partial charge in [0, 0.05) is 32.4 Å². The number of benzene rings is 1. The van der Waals surface area contributed by atoms with Crippen LogP contribution in [0.4, 0.5) is 5.82 Å². The van der Waals surface area contributed by atoms with Crippen LogP contribution in [0.25, 0.3) is 0 Å². The Bertz CT molecular complexity index is 1060. The molecule has 1 aliphatic rings. The smallest absolute Gasteiger partial charge is 0.230 e. The van der Waals surface area contributed by atoms with Crippen molar-refractivity contribution in [1.82, 2.24) is 19.7 Å². The standard InChI is InChI=1S/C23H28N6O2/c1-17-16-21(29(3)27-17)26-22-18-8-6-11-25-23(18)31-20-10-5-4-9-19(20)30-15-14-28(2)13-7-12-24-22/h4-6,8-11,16H,7,12-15H2,1-3H3,(H,24,26). The van der Waals surface area contributed by atoms with Crippen LogP contribution in [-0.2, 0) is 7.05 Å². The molecule has 0 atom stereocenters. The minimum atomic E-state index is 0.470. The molecule has 1 aromatic carbocycles. The first-order valence-electron chi connectivity index (χ1n) is 10.5.